The number of halogens is 1. The monoisotopic (exact) mass is 438 g/mol. The van der Waals surface area contributed by atoms with Gasteiger partial charge in [0, 0.05) is 23.4 Å². The van der Waals surface area contributed by atoms with E-state index in [4.69, 9.17) is 0 Å². The summed E-state index contributed by atoms with van der Waals surface area (Å²) in [6.45, 7) is 2.48. The first kappa shape index (κ1) is 21.6. The van der Waals surface area contributed by atoms with Crippen LogP contribution in [0.1, 0.15) is 42.4 Å². The Morgan fingerprint density at radius 2 is 1.90 bits per heavy atom. The normalized spacial score (nSPS) is 22.3. The molecule has 162 valence electrons. The van der Waals surface area contributed by atoms with Crippen LogP contribution in [-0.2, 0) is 16.1 Å². The average molecular weight is 439 g/mol. The van der Waals surface area contributed by atoms with E-state index in [1.807, 2.05) is 31.2 Å². The molecule has 1 aliphatic carbocycles. The van der Waals surface area contributed by atoms with E-state index in [0.29, 0.717) is 17.0 Å². The SMILES string of the molecule is Cc1ccc(CNC(=O)CN2C(=O)/C(=C/c3ccccc3F)SC3CCCCC32)cc1. The minimum absolute atomic E-state index is 0.0288. The van der Waals surface area contributed by atoms with Crippen molar-refractivity contribution in [3.8, 4) is 0 Å². The Morgan fingerprint density at radius 3 is 2.68 bits per heavy atom. The Morgan fingerprint density at radius 1 is 1.16 bits per heavy atom. The molecule has 0 bridgehead atoms. The summed E-state index contributed by atoms with van der Waals surface area (Å²) in [7, 11) is 0. The number of aryl methyl sites for hydroxylation is 1. The van der Waals surface area contributed by atoms with Crippen LogP contribution in [-0.4, -0.2) is 34.6 Å². The first-order valence-corrected chi connectivity index (χ1v) is 11.7. The molecule has 2 aromatic carbocycles. The quantitative estimate of drug-likeness (QED) is 0.690. The average Bonchev–Trinajstić information content (AvgIpc) is 2.77. The summed E-state index contributed by atoms with van der Waals surface area (Å²) < 4.78 is 14.2. The van der Waals surface area contributed by atoms with Crippen LogP contribution in [0, 0.1) is 12.7 Å². The van der Waals surface area contributed by atoms with E-state index in [1.165, 1.54) is 11.6 Å². The highest BCUT2D eigenvalue weighted by molar-refractivity contribution is 8.04. The smallest absolute Gasteiger partial charge is 0.261 e. The minimum atomic E-state index is -0.350. The van der Waals surface area contributed by atoms with Gasteiger partial charge < -0.3 is 10.2 Å². The molecule has 0 radical (unpaired) electrons. The van der Waals surface area contributed by atoms with Crippen molar-refractivity contribution in [2.24, 2.45) is 0 Å². The third-order valence-electron chi connectivity index (χ3n) is 5.93. The maximum Gasteiger partial charge on any atom is 0.261 e. The third kappa shape index (κ3) is 5.18. The first-order valence-electron chi connectivity index (χ1n) is 10.8. The van der Waals surface area contributed by atoms with Gasteiger partial charge in [-0.1, -0.05) is 60.9 Å². The van der Waals surface area contributed by atoms with E-state index >= 15 is 0 Å². The summed E-state index contributed by atoms with van der Waals surface area (Å²) in [6, 6.07) is 14.5. The summed E-state index contributed by atoms with van der Waals surface area (Å²) in [6.07, 6.45) is 5.70. The number of hydrogen-bond acceptors (Lipinski definition) is 3. The van der Waals surface area contributed by atoms with Crippen LogP contribution >= 0.6 is 11.8 Å². The van der Waals surface area contributed by atoms with Gasteiger partial charge in [0.05, 0.1) is 4.91 Å². The number of carbonyl (C=O) groups is 2. The van der Waals surface area contributed by atoms with E-state index in [0.717, 1.165) is 31.2 Å². The molecule has 1 saturated heterocycles. The fourth-order valence-electron chi connectivity index (χ4n) is 4.21. The molecule has 1 saturated carbocycles. The molecule has 6 heteroatoms. The van der Waals surface area contributed by atoms with Crippen LogP contribution in [0.5, 0.6) is 0 Å². The molecular formula is C25H27FN2O2S. The predicted molar refractivity (Wildman–Crippen MR) is 123 cm³/mol. The van der Waals surface area contributed by atoms with Gasteiger partial charge in [0.1, 0.15) is 12.4 Å². The van der Waals surface area contributed by atoms with Gasteiger partial charge >= 0.3 is 0 Å². The highest BCUT2D eigenvalue weighted by atomic mass is 32.2. The van der Waals surface area contributed by atoms with E-state index in [1.54, 1.807) is 40.9 Å². The highest BCUT2D eigenvalue weighted by Gasteiger charge is 2.41. The van der Waals surface area contributed by atoms with Crippen molar-refractivity contribution in [2.45, 2.75) is 50.4 Å². The van der Waals surface area contributed by atoms with Gasteiger partial charge in [-0.25, -0.2) is 4.39 Å². The van der Waals surface area contributed by atoms with Crippen molar-refractivity contribution >= 4 is 29.7 Å². The second kappa shape index (κ2) is 9.69. The molecule has 2 atom stereocenters. The van der Waals surface area contributed by atoms with Crippen LogP contribution < -0.4 is 5.32 Å². The van der Waals surface area contributed by atoms with Crippen molar-refractivity contribution in [1.29, 1.82) is 0 Å². The number of hydrogen-bond donors (Lipinski definition) is 1. The van der Waals surface area contributed by atoms with Gasteiger partial charge in [0.15, 0.2) is 0 Å². The van der Waals surface area contributed by atoms with Gasteiger partial charge in [0.25, 0.3) is 5.91 Å². The summed E-state index contributed by atoms with van der Waals surface area (Å²) in [4.78, 5) is 28.2. The molecule has 0 aromatic heterocycles. The summed E-state index contributed by atoms with van der Waals surface area (Å²) in [5.74, 6) is -0.700. The number of rotatable bonds is 5. The fraction of sp³-hybridized carbons (Fsp3) is 0.360. The van der Waals surface area contributed by atoms with Crippen molar-refractivity contribution in [3.05, 3.63) is 75.9 Å². The van der Waals surface area contributed by atoms with Gasteiger partial charge in [-0.05, 0) is 37.5 Å². The van der Waals surface area contributed by atoms with Crippen LogP contribution in [0.15, 0.2) is 53.4 Å². The largest absolute Gasteiger partial charge is 0.350 e. The van der Waals surface area contributed by atoms with Gasteiger partial charge in [-0.2, -0.15) is 0 Å². The Kier molecular flexibility index (Phi) is 6.76. The van der Waals surface area contributed by atoms with Crippen molar-refractivity contribution < 1.29 is 14.0 Å². The second-order valence-electron chi connectivity index (χ2n) is 8.23. The number of nitrogens with one attached hydrogen (secondary N) is 1. The molecular weight excluding hydrogens is 411 g/mol. The third-order valence-corrected chi connectivity index (χ3v) is 7.33. The number of thioether (sulfide) groups is 1. The molecule has 2 aromatic rings. The van der Waals surface area contributed by atoms with E-state index in [2.05, 4.69) is 5.32 Å². The highest BCUT2D eigenvalue weighted by Crippen LogP contribution is 2.42. The summed E-state index contributed by atoms with van der Waals surface area (Å²) in [5.41, 5.74) is 2.59. The van der Waals surface area contributed by atoms with Gasteiger partial charge in [0.2, 0.25) is 5.91 Å². The van der Waals surface area contributed by atoms with Crippen LogP contribution in [0.4, 0.5) is 4.39 Å². The standard InChI is InChI=1S/C25H27FN2O2S/c1-17-10-12-18(13-11-17)15-27-24(29)16-28-21-8-4-5-9-22(21)31-23(25(28)30)14-19-6-2-3-7-20(19)26/h2-3,6-7,10-14,21-22H,4-5,8-9,15-16H2,1H3,(H,27,29)/b23-14-. The molecule has 2 unspecified atom stereocenters. The maximum atomic E-state index is 14.2. The number of amides is 2. The van der Waals surface area contributed by atoms with Crippen LogP contribution in [0.3, 0.4) is 0 Å². The lowest BCUT2D eigenvalue weighted by molar-refractivity contribution is -0.135. The Bertz CT molecular complexity index is 989. The van der Waals surface area contributed by atoms with Crippen LogP contribution in [0.2, 0.25) is 0 Å². The number of fused-ring (bicyclic) bond motifs is 1. The maximum absolute atomic E-state index is 14.2. The fourth-order valence-corrected chi connectivity index (χ4v) is 5.68. The Labute approximate surface area is 186 Å². The predicted octanol–water partition coefficient (Wildman–Crippen LogP) is 4.68. The van der Waals surface area contributed by atoms with E-state index in [-0.39, 0.29) is 35.5 Å². The molecule has 2 amide bonds. The Hall–Kier alpha value is -2.60. The van der Waals surface area contributed by atoms with Crippen molar-refractivity contribution in [3.63, 3.8) is 0 Å². The molecule has 4 nitrogen and oxygen atoms in total. The van der Waals surface area contributed by atoms with Crippen molar-refractivity contribution in [2.75, 3.05) is 6.54 Å². The lowest BCUT2D eigenvalue weighted by atomic mass is 9.93. The summed E-state index contributed by atoms with van der Waals surface area (Å²) in [5, 5.41) is 3.18. The molecule has 1 aliphatic heterocycles. The molecule has 0 spiro atoms. The summed E-state index contributed by atoms with van der Waals surface area (Å²) >= 11 is 1.54. The topological polar surface area (TPSA) is 49.4 Å². The molecule has 1 N–H and O–H groups in total. The lowest BCUT2D eigenvalue weighted by Gasteiger charge is -2.43. The minimum Gasteiger partial charge on any atom is -0.350 e. The molecule has 31 heavy (non-hydrogen) atoms. The van der Waals surface area contributed by atoms with Crippen molar-refractivity contribution in [1.82, 2.24) is 10.2 Å². The van der Waals surface area contributed by atoms with Gasteiger partial charge in [-0.15, -0.1) is 11.8 Å². The van der Waals surface area contributed by atoms with Gasteiger partial charge in [-0.3, -0.25) is 9.59 Å². The zero-order chi connectivity index (χ0) is 21.8. The number of nitrogens with zero attached hydrogens (tertiary/aromatic N) is 1. The molecule has 1 heterocycles. The van der Waals surface area contributed by atoms with E-state index < -0.39 is 0 Å². The molecule has 2 aliphatic rings. The first-order chi connectivity index (χ1) is 15.0. The Balaban J connectivity index is 1.49. The lowest BCUT2D eigenvalue weighted by Crippen LogP contribution is -2.54. The molecule has 2 fully saturated rings. The molecule has 4 rings (SSSR count). The number of benzene rings is 2. The zero-order valence-corrected chi connectivity index (χ0v) is 18.5. The van der Waals surface area contributed by atoms with E-state index in [9.17, 15) is 14.0 Å². The zero-order valence-electron chi connectivity index (χ0n) is 17.6. The van der Waals surface area contributed by atoms with Crippen LogP contribution in [0.25, 0.3) is 6.08 Å². The second-order valence-corrected chi connectivity index (χ2v) is 9.51. The number of carbonyl (C=O) groups excluding carboxylic acids is 2.